The third kappa shape index (κ3) is 7.15. The molecule has 140 valence electrons. The summed E-state index contributed by atoms with van der Waals surface area (Å²) in [5, 5.41) is 3.38. The van der Waals surface area contributed by atoms with Crippen molar-refractivity contribution in [2.75, 3.05) is 25.9 Å². The van der Waals surface area contributed by atoms with Crippen molar-refractivity contribution in [3.05, 3.63) is 70.7 Å². The van der Waals surface area contributed by atoms with Crippen LogP contribution in [0.15, 0.2) is 54.6 Å². The van der Waals surface area contributed by atoms with E-state index in [1.165, 1.54) is 4.31 Å². The molecule has 0 heterocycles. The van der Waals surface area contributed by atoms with E-state index in [0.29, 0.717) is 24.4 Å². The van der Waals surface area contributed by atoms with Crippen molar-refractivity contribution in [1.29, 1.82) is 0 Å². The molecule has 0 atom stereocenters. The summed E-state index contributed by atoms with van der Waals surface area (Å²) in [6.45, 7) is 0.508. The van der Waals surface area contributed by atoms with E-state index in [1.54, 1.807) is 12.1 Å². The van der Waals surface area contributed by atoms with Gasteiger partial charge in [0.1, 0.15) is 0 Å². The van der Waals surface area contributed by atoms with Gasteiger partial charge in [0.15, 0.2) is 0 Å². The van der Waals surface area contributed by atoms with Gasteiger partial charge in [-0.1, -0.05) is 54.1 Å². The molecule has 2 aromatic carbocycles. The van der Waals surface area contributed by atoms with Gasteiger partial charge in [0.25, 0.3) is 0 Å². The first-order valence-corrected chi connectivity index (χ1v) is 10.6. The van der Waals surface area contributed by atoms with Gasteiger partial charge >= 0.3 is 0 Å². The molecule has 0 aromatic heterocycles. The molecule has 0 aliphatic rings. The third-order valence-electron chi connectivity index (χ3n) is 3.91. The monoisotopic (exact) mass is 394 g/mol. The smallest absolute Gasteiger partial charge is 0.235 e. The lowest BCUT2D eigenvalue weighted by Gasteiger charge is -2.19. The molecule has 5 nitrogen and oxygen atoms in total. The maximum atomic E-state index is 12.1. The number of carbonyl (C=O) groups excluding carboxylic acids is 1. The fraction of sp³-hybridized carbons (Fsp3) is 0.316. The molecule has 0 fully saturated rings. The summed E-state index contributed by atoms with van der Waals surface area (Å²) in [5.74, 6) is -0.308. The van der Waals surface area contributed by atoms with Gasteiger partial charge in [-0.25, -0.2) is 8.42 Å². The molecule has 7 heteroatoms. The second-order valence-corrected chi connectivity index (χ2v) is 8.48. The first kappa shape index (κ1) is 20.4. The molecular formula is C19H23ClN2O3S. The molecule has 0 aliphatic carbocycles. The van der Waals surface area contributed by atoms with Crippen LogP contribution in [-0.4, -0.2) is 44.5 Å². The molecule has 0 spiro atoms. The molecule has 2 rings (SSSR count). The van der Waals surface area contributed by atoms with E-state index >= 15 is 0 Å². The number of carbonyl (C=O) groups is 1. The Hall–Kier alpha value is -1.89. The summed E-state index contributed by atoms with van der Waals surface area (Å²) in [4.78, 5) is 12.1. The van der Waals surface area contributed by atoms with Crippen molar-refractivity contribution in [3.8, 4) is 0 Å². The van der Waals surface area contributed by atoms with Gasteiger partial charge in [-0.3, -0.25) is 4.79 Å². The van der Waals surface area contributed by atoms with E-state index in [-0.39, 0.29) is 19.0 Å². The minimum absolute atomic E-state index is 0.186. The number of nitrogens with one attached hydrogen (secondary N) is 1. The highest BCUT2D eigenvalue weighted by Crippen LogP contribution is 2.12. The fourth-order valence-corrected chi connectivity index (χ4v) is 3.50. The first-order valence-electron chi connectivity index (χ1n) is 8.35. The lowest BCUT2D eigenvalue weighted by molar-refractivity contribution is -0.121. The van der Waals surface area contributed by atoms with Gasteiger partial charge in [-0.15, -0.1) is 0 Å². The maximum absolute atomic E-state index is 12.1. The van der Waals surface area contributed by atoms with Crippen LogP contribution in [0.5, 0.6) is 0 Å². The van der Waals surface area contributed by atoms with E-state index in [9.17, 15) is 13.2 Å². The highest BCUT2D eigenvalue weighted by molar-refractivity contribution is 7.88. The Kier molecular flexibility index (Phi) is 7.63. The molecule has 0 radical (unpaired) electrons. The zero-order chi connectivity index (χ0) is 19.0. The first-order chi connectivity index (χ1) is 12.3. The average Bonchev–Trinajstić information content (AvgIpc) is 2.58. The minimum Gasteiger partial charge on any atom is -0.355 e. The number of sulfonamides is 1. The van der Waals surface area contributed by atoms with Crippen LogP contribution in [0.25, 0.3) is 0 Å². The van der Waals surface area contributed by atoms with Crippen molar-refractivity contribution >= 4 is 27.5 Å². The molecule has 2 aromatic rings. The fourth-order valence-electron chi connectivity index (χ4n) is 2.52. The Morgan fingerprint density at radius 2 is 1.73 bits per heavy atom. The second kappa shape index (κ2) is 9.71. The van der Waals surface area contributed by atoms with Gasteiger partial charge in [0, 0.05) is 18.1 Å². The summed E-state index contributed by atoms with van der Waals surface area (Å²) in [6.07, 6.45) is 2.31. The Morgan fingerprint density at radius 3 is 2.38 bits per heavy atom. The van der Waals surface area contributed by atoms with E-state index < -0.39 is 10.0 Å². The zero-order valence-corrected chi connectivity index (χ0v) is 16.3. The van der Waals surface area contributed by atoms with Crippen LogP contribution in [0.2, 0.25) is 5.02 Å². The highest BCUT2D eigenvalue weighted by atomic mass is 35.5. The van der Waals surface area contributed by atoms with E-state index in [1.807, 2.05) is 42.5 Å². The van der Waals surface area contributed by atoms with E-state index in [0.717, 1.165) is 17.4 Å². The van der Waals surface area contributed by atoms with Gasteiger partial charge in [-0.05, 0) is 36.1 Å². The van der Waals surface area contributed by atoms with Crippen molar-refractivity contribution in [3.63, 3.8) is 0 Å². The standard InChI is InChI=1S/C19H23ClN2O3S/c1-26(24,25)22(13-11-17-8-5-9-18(20)14-17)15-19(23)21-12-10-16-6-3-2-4-7-16/h2-9,14H,10-13,15H2,1H3,(H,21,23). The maximum Gasteiger partial charge on any atom is 0.235 e. The highest BCUT2D eigenvalue weighted by Gasteiger charge is 2.19. The van der Waals surface area contributed by atoms with Gasteiger partial charge in [0.2, 0.25) is 15.9 Å². The van der Waals surface area contributed by atoms with Crippen LogP contribution in [0, 0.1) is 0 Å². The number of benzene rings is 2. The van der Waals surface area contributed by atoms with Gasteiger partial charge in [0.05, 0.1) is 12.8 Å². The topological polar surface area (TPSA) is 66.5 Å². The minimum atomic E-state index is -3.48. The number of rotatable bonds is 9. The zero-order valence-electron chi connectivity index (χ0n) is 14.7. The molecule has 26 heavy (non-hydrogen) atoms. The Balaban J connectivity index is 1.85. The second-order valence-electron chi connectivity index (χ2n) is 6.06. The van der Waals surface area contributed by atoms with Crippen molar-refractivity contribution in [2.45, 2.75) is 12.8 Å². The SMILES string of the molecule is CS(=O)(=O)N(CCc1cccc(Cl)c1)CC(=O)NCCc1ccccc1. The lowest BCUT2D eigenvalue weighted by atomic mass is 10.1. The summed E-state index contributed by atoms with van der Waals surface area (Å²) in [7, 11) is -3.48. The Bertz CT molecular complexity index is 826. The quantitative estimate of drug-likeness (QED) is 0.710. The molecule has 0 aliphatic heterocycles. The summed E-state index contributed by atoms with van der Waals surface area (Å²) in [6, 6.07) is 17.1. The van der Waals surface area contributed by atoms with Crippen molar-refractivity contribution < 1.29 is 13.2 Å². The van der Waals surface area contributed by atoms with Crippen molar-refractivity contribution in [2.24, 2.45) is 0 Å². The average molecular weight is 395 g/mol. The number of halogens is 1. The predicted octanol–water partition coefficient (Wildman–Crippen LogP) is 2.50. The summed E-state index contributed by atoms with van der Waals surface area (Å²) >= 11 is 5.95. The number of nitrogens with zero attached hydrogens (tertiary/aromatic N) is 1. The van der Waals surface area contributed by atoms with Crippen molar-refractivity contribution in [1.82, 2.24) is 9.62 Å². The molecule has 0 saturated carbocycles. The van der Waals surface area contributed by atoms with Crippen LogP contribution < -0.4 is 5.32 Å². The molecule has 1 amide bonds. The normalized spacial score (nSPS) is 11.5. The van der Waals surface area contributed by atoms with Crippen LogP contribution in [0.1, 0.15) is 11.1 Å². The molecule has 1 N–H and O–H groups in total. The van der Waals surface area contributed by atoms with Gasteiger partial charge in [-0.2, -0.15) is 4.31 Å². The van der Waals surface area contributed by atoms with Gasteiger partial charge < -0.3 is 5.32 Å². The number of amides is 1. The lowest BCUT2D eigenvalue weighted by Crippen LogP contribution is -2.41. The number of hydrogen-bond acceptors (Lipinski definition) is 3. The third-order valence-corrected chi connectivity index (χ3v) is 5.39. The predicted molar refractivity (Wildman–Crippen MR) is 105 cm³/mol. The number of hydrogen-bond donors (Lipinski definition) is 1. The largest absolute Gasteiger partial charge is 0.355 e. The molecule has 0 unspecified atom stereocenters. The molecule has 0 bridgehead atoms. The molecule has 0 saturated heterocycles. The summed E-state index contributed by atoms with van der Waals surface area (Å²) < 4.78 is 25.1. The Morgan fingerprint density at radius 1 is 1.04 bits per heavy atom. The van der Waals surface area contributed by atoms with Crippen LogP contribution in [0.3, 0.4) is 0 Å². The van der Waals surface area contributed by atoms with Crippen LogP contribution in [-0.2, 0) is 27.7 Å². The van der Waals surface area contributed by atoms with Crippen LogP contribution in [0.4, 0.5) is 0 Å². The Labute approximate surface area is 160 Å². The van der Waals surface area contributed by atoms with E-state index in [4.69, 9.17) is 11.6 Å². The van der Waals surface area contributed by atoms with Crippen LogP contribution >= 0.6 is 11.6 Å². The molecular weight excluding hydrogens is 372 g/mol. The van der Waals surface area contributed by atoms with E-state index in [2.05, 4.69) is 5.32 Å². The summed E-state index contributed by atoms with van der Waals surface area (Å²) in [5.41, 5.74) is 2.05.